The minimum atomic E-state index is -1.09. The van der Waals surface area contributed by atoms with Crippen LogP contribution in [0.3, 0.4) is 0 Å². The summed E-state index contributed by atoms with van der Waals surface area (Å²) in [6, 6.07) is 2.98. The Balaban J connectivity index is 1.97. The van der Waals surface area contributed by atoms with E-state index >= 15 is 0 Å². The highest BCUT2D eigenvalue weighted by Gasteiger charge is 2.25. The number of nitrogens with zero attached hydrogens (tertiary/aromatic N) is 1. The summed E-state index contributed by atoms with van der Waals surface area (Å²) in [7, 11) is 0. The third kappa shape index (κ3) is 5.68. The fraction of sp³-hybridized carbons (Fsp3) is 0.500. The van der Waals surface area contributed by atoms with E-state index < -0.39 is 22.8 Å². The monoisotopic (exact) mass is 369 g/mol. The molecule has 1 amide bonds. The van der Waals surface area contributed by atoms with Gasteiger partial charge in [0.1, 0.15) is 11.1 Å². The number of hydrogen-bond acceptors (Lipinski definition) is 5. The topological polar surface area (TPSA) is 122 Å². The second-order valence-corrected chi connectivity index (χ2v) is 6.48. The van der Waals surface area contributed by atoms with Gasteiger partial charge in [0.2, 0.25) is 5.91 Å². The molecule has 9 heteroatoms. The van der Waals surface area contributed by atoms with Crippen molar-refractivity contribution in [1.82, 2.24) is 5.32 Å². The van der Waals surface area contributed by atoms with Gasteiger partial charge >= 0.3 is 5.97 Å². The van der Waals surface area contributed by atoms with Gasteiger partial charge in [-0.05, 0) is 25.0 Å². The summed E-state index contributed by atoms with van der Waals surface area (Å²) >= 11 is 5.72. The lowest BCUT2D eigenvalue weighted by Crippen LogP contribution is -2.45. The highest BCUT2D eigenvalue weighted by molar-refractivity contribution is 6.32. The number of carbonyl (C=O) groups excluding carboxylic acids is 1. The van der Waals surface area contributed by atoms with Gasteiger partial charge in [-0.2, -0.15) is 0 Å². The van der Waals surface area contributed by atoms with Crippen LogP contribution >= 0.6 is 11.6 Å². The molecule has 0 heterocycles. The first-order valence-electron chi connectivity index (χ1n) is 8.09. The van der Waals surface area contributed by atoms with Crippen LogP contribution < -0.4 is 10.6 Å². The summed E-state index contributed by atoms with van der Waals surface area (Å²) in [5.74, 6) is -1.63. The molecule has 8 nitrogen and oxygen atoms in total. The van der Waals surface area contributed by atoms with E-state index in [1.165, 1.54) is 12.1 Å². The van der Waals surface area contributed by atoms with E-state index in [0.717, 1.165) is 38.2 Å². The van der Waals surface area contributed by atoms with Gasteiger partial charge in [-0.25, -0.2) is 0 Å². The Morgan fingerprint density at radius 1 is 1.32 bits per heavy atom. The zero-order valence-corrected chi connectivity index (χ0v) is 14.3. The van der Waals surface area contributed by atoms with Crippen LogP contribution in [0.2, 0.25) is 5.02 Å². The fourth-order valence-electron chi connectivity index (χ4n) is 2.90. The summed E-state index contributed by atoms with van der Waals surface area (Å²) in [4.78, 5) is 33.7. The van der Waals surface area contributed by atoms with Crippen LogP contribution in [0.25, 0.3) is 0 Å². The molecule has 1 aliphatic carbocycles. The summed E-state index contributed by atoms with van der Waals surface area (Å²) in [6.07, 6.45) is 4.77. The molecule has 1 fully saturated rings. The van der Waals surface area contributed by atoms with Crippen LogP contribution in [-0.2, 0) is 9.59 Å². The van der Waals surface area contributed by atoms with Crippen molar-refractivity contribution in [2.45, 2.75) is 50.6 Å². The molecule has 1 saturated carbocycles. The third-order valence-corrected chi connectivity index (χ3v) is 4.48. The van der Waals surface area contributed by atoms with Crippen LogP contribution in [0.1, 0.15) is 38.5 Å². The van der Waals surface area contributed by atoms with E-state index in [4.69, 9.17) is 11.6 Å². The molecule has 1 aromatic rings. The van der Waals surface area contributed by atoms with Crippen molar-refractivity contribution in [3.63, 3.8) is 0 Å². The molecule has 3 N–H and O–H groups in total. The number of anilines is 1. The lowest BCUT2D eigenvalue weighted by atomic mass is 9.94. The van der Waals surface area contributed by atoms with Gasteiger partial charge in [-0.15, -0.1) is 0 Å². The number of carboxylic acid groups (broad SMARTS) is 1. The van der Waals surface area contributed by atoms with Crippen LogP contribution in [-0.4, -0.2) is 34.0 Å². The first-order valence-corrected chi connectivity index (χ1v) is 8.47. The Bertz CT molecular complexity index is 661. The predicted octanol–water partition coefficient (Wildman–Crippen LogP) is 2.95. The number of benzene rings is 1. The van der Waals surface area contributed by atoms with Gasteiger partial charge in [0.25, 0.3) is 5.69 Å². The molecule has 25 heavy (non-hydrogen) atoms. The summed E-state index contributed by atoms with van der Waals surface area (Å²) in [5, 5.41) is 25.7. The first-order chi connectivity index (χ1) is 11.9. The Morgan fingerprint density at radius 2 is 2.00 bits per heavy atom. The highest BCUT2D eigenvalue weighted by Crippen LogP contribution is 2.27. The second kappa shape index (κ2) is 8.77. The van der Waals surface area contributed by atoms with Crippen molar-refractivity contribution < 1.29 is 19.6 Å². The fourth-order valence-corrected chi connectivity index (χ4v) is 3.09. The molecule has 1 unspecified atom stereocenters. The van der Waals surface area contributed by atoms with E-state index in [1.54, 1.807) is 0 Å². The lowest BCUT2D eigenvalue weighted by Gasteiger charge is -2.26. The van der Waals surface area contributed by atoms with E-state index in [1.807, 2.05) is 0 Å². The summed E-state index contributed by atoms with van der Waals surface area (Å²) in [5.41, 5.74) is -0.127. The smallest absolute Gasteiger partial charge is 0.321 e. The predicted molar refractivity (Wildman–Crippen MR) is 92.8 cm³/mol. The van der Waals surface area contributed by atoms with Crippen LogP contribution in [0.15, 0.2) is 18.2 Å². The largest absolute Gasteiger partial charge is 0.480 e. The van der Waals surface area contributed by atoms with Gasteiger partial charge in [-0.1, -0.05) is 30.9 Å². The molecular weight excluding hydrogens is 350 g/mol. The number of aliphatic carboxylic acids is 1. The number of nitro groups is 1. The SMILES string of the molecule is O=C(CC(NC1CCCCC1)C(=O)O)Nc1ccc(Cl)c([N+](=O)[O-])c1. The average Bonchev–Trinajstić information content (AvgIpc) is 2.56. The van der Waals surface area contributed by atoms with Gasteiger partial charge < -0.3 is 15.7 Å². The van der Waals surface area contributed by atoms with Crippen LogP contribution in [0.4, 0.5) is 11.4 Å². The van der Waals surface area contributed by atoms with Crippen molar-refractivity contribution in [3.8, 4) is 0 Å². The molecule has 0 bridgehead atoms. The average molecular weight is 370 g/mol. The van der Waals surface area contributed by atoms with Crippen molar-refractivity contribution in [1.29, 1.82) is 0 Å². The molecular formula is C16H20ClN3O5. The summed E-state index contributed by atoms with van der Waals surface area (Å²) in [6.45, 7) is 0. The zero-order chi connectivity index (χ0) is 18.4. The second-order valence-electron chi connectivity index (χ2n) is 6.07. The van der Waals surface area contributed by atoms with E-state index in [0.29, 0.717) is 0 Å². The molecule has 1 atom stereocenters. The van der Waals surface area contributed by atoms with Crippen molar-refractivity contribution in [2.24, 2.45) is 0 Å². The number of rotatable bonds is 7. The number of nitrogens with one attached hydrogen (secondary N) is 2. The molecule has 0 aliphatic heterocycles. The summed E-state index contributed by atoms with van der Waals surface area (Å²) < 4.78 is 0. The van der Waals surface area contributed by atoms with E-state index in [-0.39, 0.29) is 28.9 Å². The maximum atomic E-state index is 12.1. The Morgan fingerprint density at radius 3 is 2.60 bits per heavy atom. The molecule has 0 spiro atoms. The molecule has 2 rings (SSSR count). The normalized spacial score (nSPS) is 16.2. The van der Waals surface area contributed by atoms with Crippen molar-refractivity contribution in [2.75, 3.05) is 5.32 Å². The van der Waals surface area contributed by atoms with E-state index in [9.17, 15) is 24.8 Å². The Kier molecular flexibility index (Phi) is 6.72. The maximum absolute atomic E-state index is 12.1. The molecule has 0 radical (unpaired) electrons. The molecule has 1 aromatic carbocycles. The number of hydrogen-bond donors (Lipinski definition) is 3. The number of nitro benzene ring substituents is 1. The lowest BCUT2D eigenvalue weighted by molar-refractivity contribution is -0.384. The molecule has 0 saturated heterocycles. The van der Waals surface area contributed by atoms with Crippen LogP contribution in [0, 0.1) is 10.1 Å². The number of carbonyl (C=O) groups is 2. The minimum Gasteiger partial charge on any atom is -0.480 e. The van der Waals surface area contributed by atoms with E-state index in [2.05, 4.69) is 10.6 Å². The Hall–Kier alpha value is -2.19. The molecule has 136 valence electrons. The number of amides is 1. The van der Waals surface area contributed by atoms with Gasteiger partial charge in [0, 0.05) is 17.8 Å². The van der Waals surface area contributed by atoms with Gasteiger partial charge in [0.15, 0.2) is 0 Å². The Labute approximate surface area is 149 Å². The van der Waals surface area contributed by atoms with Crippen molar-refractivity contribution >= 4 is 34.9 Å². The first kappa shape index (κ1) is 19.1. The third-order valence-electron chi connectivity index (χ3n) is 4.16. The molecule has 0 aromatic heterocycles. The van der Waals surface area contributed by atoms with Crippen LogP contribution in [0.5, 0.6) is 0 Å². The number of carboxylic acids is 1. The standard InChI is InChI=1S/C16H20ClN3O5/c17-12-7-6-11(8-14(12)20(24)25)19-15(21)9-13(16(22)23)18-10-4-2-1-3-5-10/h6-8,10,13,18H,1-5,9H2,(H,19,21)(H,22,23). The highest BCUT2D eigenvalue weighted by atomic mass is 35.5. The minimum absolute atomic E-state index is 0.0367. The number of halogens is 1. The maximum Gasteiger partial charge on any atom is 0.321 e. The van der Waals surface area contributed by atoms with Gasteiger partial charge in [-0.3, -0.25) is 19.7 Å². The van der Waals surface area contributed by atoms with Gasteiger partial charge in [0.05, 0.1) is 11.3 Å². The quantitative estimate of drug-likeness (QED) is 0.501. The van der Waals surface area contributed by atoms with Crippen molar-refractivity contribution in [3.05, 3.63) is 33.3 Å². The zero-order valence-electron chi connectivity index (χ0n) is 13.5. The molecule has 1 aliphatic rings.